The summed E-state index contributed by atoms with van der Waals surface area (Å²) in [5.41, 5.74) is 7.61. The molecule has 1 heterocycles. The maximum atomic E-state index is 12.3. The van der Waals surface area contributed by atoms with E-state index in [1.807, 2.05) is 26.0 Å². The SMILES string of the molecule is CC(C)NC(=O)CN(C)C(=O)c1cc2cccc(N)c2[nH]1. The molecule has 2 amide bonds. The van der Waals surface area contributed by atoms with Crippen LogP contribution in [0.3, 0.4) is 0 Å². The summed E-state index contributed by atoms with van der Waals surface area (Å²) in [6, 6.07) is 7.27. The average molecular weight is 288 g/mol. The van der Waals surface area contributed by atoms with Gasteiger partial charge in [0.15, 0.2) is 0 Å². The van der Waals surface area contributed by atoms with Crippen LogP contribution in [0.5, 0.6) is 0 Å². The second-order valence-electron chi connectivity index (χ2n) is 5.38. The number of hydrogen-bond acceptors (Lipinski definition) is 3. The largest absolute Gasteiger partial charge is 0.397 e. The number of H-pyrrole nitrogens is 1. The van der Waals surface area contributed by atoms with Crippen LogP contribution in [0.15, 0.2) is 24.3 Å². The molecule has 0 aliphatic heterocycles. The number of aromatic nitrogens is 1. The van der Waals surface area contributed by atoms with Crippen molar-refractivity contribution in [2.24, 2.45) is 0 Å². The van der Waals surface area contributed by atoms with Crippen LogP contribution in [0.4, 0.5) is 5.69 Å². The minimum Gasteiger partial charge on any atom is -0.397 e. The van der Waals surface area contributed by atoms with Gasteiger partial charge in [0.25, 0.3) is 5.91 Å². The number of aromatic amines is 1. The summed E-state index contributed by atoms with van der Waals surface area (Å²) in [4.78, 5) is 28.4. The molecule has 0 saturated heterocycles. The lowest BCUT2D eigenvalue weighted by Gasteiger charge is -2.17. The van der Waals surface area contributed by atoms with Crippen LogP contribution in [-0.4, -0.2) is 41.3 Å². The molecule has 1 aromatic heterocycles. The lowest BCUT2D eigenvalue weighted by molar-refractivity contribution is -0.122. The molecule has 0 radical (unpaired) electrons. The van der Waals surface area contributed by atoms with Crippen molar-refractivity contribution in [1.29, 1.82) is 0 Å². The van der Waals surface area contributed by atoms with E-state index in [4.69, 9.17) is 5.73 Å². The fourth-order valence-corrected chi connectivity index (χ4v) is 2.16. The molecular formula is C15H20N4O2. The van der Waals surface area contributed by atoms with Crippen LogP contribution < -0.4 is 11.1 Å². The molecule has 0 aliphatic rings. The van der Waals surface area contributed by atoms with E-state index in [-0.39, 0.29) is 24.4 Å². The summed E-state index contributed by atoms with van der Waals surface area (Å²) in [6.45, 7) is 3.77. The van der Waals surface area contributed by atoms with Crippen molar-refractivity contribution in [3.05, 3.63) is 30.0 Å². The van der Waals surface area contributed by atoms with Crippen LogP contribution in [-0.2, 0) is 4.79 Å². The molecule has 0 atom stereocenters. The molecule has 2 rings (SSSR count). The standard InChI is InChI=1S/C15H20N4O2/c1-9(2)17-13(20)8-19(3)15(21)12-7-10-5-4-6-11(16)14(10)18-12/h4-7,9,18H,8,16H2,1-3H3,(H,17,20). The Kier molecular flexibility index (Phi) is 4.16. The second-order valence-corrected chi connectivity index (χ2v) is 5.38. The van der Waals surface area contributed by atoms with Crippen molar-refractivity contribution >= 4 is 28.4 Å². The second kappa shape index (κ2) is 5.87. The van der Waals surface area contributed by atoms with E-state index < -0.39 is 0 Å². The van der Waals surface area contributed by atoms with Gasteiger partial charge in [0, 0.05) is 18.5 Å². The lowest BCUT2D eigenvalue weighted by Crippen LogP contribution is -2.40. The van der Waals surface area contributed by atoms with E-state index in [0.717, 1.165) is 10.9 Å². The van der Waals surface area contributed by atoms with Gasteiger partial charge in [-0.1, -0.05) is 12.1 Å². The van der Waals surface area contributed by atoms with Gasteiger partial charge in [-0.25, -0.2) is 0 Å². The Hall–Kier alpha value is -2.50. The number of nitrogens with one attached hydrogen (secondary N) is 2. The number of rotatable bonds is 4. The molecule has 1 aromatic carbocycles. The molecule has 2 aromatic rings. The topological polar surface area (TPSA) is 91.2 Å². The predicted molar refractivity (Wildman–Crippen MR) is 83.0 cm³/mol. The van der Waals surface area contributed by atoms with E-state index >= 15 is 0 Å². The van der Waals surface area contributed by atoms with E-state index in [9.17, 15) is 9.59 Å². The fraction of sp³-hybridized carbons (Fsp3) is 0.333. The van der Waals surface area contributed by atoms with Crippen LogP contribution in [0.25, 0.3) is 10.9 Å². The number of hydrogen-bond donors (Lipinski definition) is 3. The van der Waals surface area contributed by atoms with Crippen molar-refractivity contribution in [1.82, 2.24) is 15.2 Å². The van der Waals surface area contributed by atoms with E-state index in [0.29, 0.717) is 11.4 Å². The van der Waals surface area contributed by atoms with E-state index in [1.54, 1.807) is 19.2 Å². The van der Waals surface area contributed by atoms with Crippen molar-refractivity contribution in [3.8, 4) is 0 Å². The summed E-state index contributed by atoms with van der Waals surface area (Å²) in [5.74, 6) is -0.430. The van der Waals surface area contributed by atoms with E-state index in [2.05, 4.69) is 10.3 Å². The predicted octanol–water partition coefficient (Wildman–Crippen LogP) is 1.35. The van der Waals surface area contributed by atoms with Gasteiger partial charge >= 0.3 is 0 Å². The van der Waals surface area contributed by atoms with Crippen LogP contribution in [0, 0.1) is 0 Å². The molecule has 4 N–H and O–H groups in total. The Morgan fingerprint density at radius 3 is 2.71 bits per heavy atom. The number of anilines is 1. The molecular weight excluding hydrogens is 268 g/mol. The average Bonchev–Trinajstić information content (AvgIpc) is 2.82. The first-order chi connectivity index (χ1) is 9.88. The van der Waals surface area contributed by atoms with Gasteiger partial charge in [0.05, 0.1) is 17.7 Å². The van der Waals surface area contributed by atoms with Crippen molar-refractivity contribution in [2.75, 3.05) is 19.3 Å². The number of nitrogen functional groups attached to an aromatic ring is 1. The third-order valence-corrected chi connectivity index (χ3v) is 3.10. The van der Waals surface area contributed by atoms with Crippen LogP contribution in [0.1, 0.15) is 24.3 Å². The van der Waals surface area contributed by atoms with Gasteiger partial charge in [-0.15, -0.1) is 0 Å². The summed E-state index contributed by atoms with van der Waals surface area (Å²) >= 11 is 0. The van der Waals surface area contributed by atoms with Crippen molar-refractivity contribution < 1.29 is 9.59 Å². The first kappa shape index (κ1) is 14.9. The van der Waals surface area contributed by atoms with Gasteiger partial charge in [-0.2, -0.15) is 0 Å². The highest BCUT2D eigenvalue weighted by atomic mass is 16.2. The smallest absolute Gasteiger partial charge is 0.270 e. The number of amides is 2. The van der Waals surface area contributed by atoms with Gasteiger partial charge in [-0.05, 0) is 26.0 Å². The number of benzene rings is 1. The zero-order valence-electron chi connectivity index (χ0n) is 12.4. The summed E-state index contributed by atoms with van der Waals surface area (Å²) in [6.07, 6.45) is 0. The Balaban J connectivity index is 2.14. The number of carbonyl (C=O) groups is 2. The molecule has 0 unspecified atom stereocenters. The van der Waals surface area contributed by atoms with Gasteiger partial charge in [-0.3, -0.25) is 9.59 Å². The molecule has 21 heavy (non-hydrogen) atoms. The van der Waals surface area contributed by atoms with Gasteiger partial charge < -0.3 is 20.9 Å². The third kappa shape index (κ3) is 3.34. The summed E-state index contributed by atoms with van der Waals surface area (Å²) in [7, 11) is 1.59. The molecule has 6 heteroatoms. The molecule has 6 nitrogen and oxygen atoms in total. The summed E-state index contributed by atoms with van der Waals surface area (Å²) in [5, 5.41) is 3.63. The molecule has 0 saturated carbocycles. The van der Waals surface area contributed by atoms with Crippen molar-refractivity contribution in [2.45, 2.75) is 19.9 Å². The first-order valence-electron chi connectivity index (χ1n) is 6.80. The number of nitrogens with two attached hydrogens (primary N) is 1. The maximum Gasteiger partial charge on any atom is 0.270 e. The molecule has 0 fully saturated rings. The monoisotopic (exact) mass is 288 g/mol. The van der Waals surface area contributed by atoms with Gasteiger partial charge in [0.1, 0.15) is 5.69 Å². The lowest BCUT2D eigenvalue weighted by atomic mass is 10.2. The molecule has 0 aliphatic carbocycles. The zero-order valence-corrected chi connectivity index (χ0v) is 12.4. The normalized spacial score (nSPS) is 10.9. The Morgan fingerprint density at radius 2 is 2.10 bits per heavy atom. The Labute approximate surface area is 123 Å². The minimum absolute atomic E-state index is 0.0157. The van der Waals surface area contributed by atoms with Crippen molar-refractivity contribution in [3.63, 3.8) is 0 Å². The zero-order chi connectivity index (χ0) is 15.6. The third-order valence-electron chi connectivity index (χ3n) is 3.10. The maximum absolute atomic E-state index is 12.3. The number of likely N-dealkylation sites (N-methyl/N-ethyl adjacent to an activating group) is 1. The molecule has 112 valence electrons. The van der Waals surface area contributed by atoms with Gasteiger partial charge in [0.2, 0.25) is 5.91 Å². The highest BCUT2D eigenvalue weighted by Crippen LogP contribution is 2.21. The van der Waals surface area contributed by atoms with Crippen LogP contribution in [0.2, 0.25) is 0 Å². The van der Waals surface area contributed by atoms with Crippen LogP contribution >= 0.6 is 0 Å². The minimum atomic E-state index is -0.246. The highest BCUT2D eigenvalue weighted by Gasteiger charge is 2.17. The number of para-hydroxylation sites is 1. The number of fused-ring (bicyclic) bond motifs is 1. The quantitative estimate of drug-likeness (QED) is 0.742. The number of carbonyl (C=O) groups excluding carboxylic acids is 2. The first-order valence-corrected chi connectivity index (χ1v) is 6.80. The number of nitrogens with zero attached hydrogens (tertiary/aromatic N) is 1. The molecule has 0 spiro atoms. The Bertz CT molecular complexity index is 675. The Morgan fingerprint density at radius 1 is 1.38 bits per heavy atom. The summed E-state index contributed by atoms with van der Waals surface area (Å²) < 4.78 is 0. The fourth-order valence-electron chi connectivity index (χ4n) is 2.16. The molecule has 0 bridgehead atoms. The van der Waals surface area contributed by atoms with E-state index in [1.165, 1.54) is 4.90 Å². The highest BCUT2D eigenvalue weighted by molar-refractivity contribution is 6.01.